The van der Waals surface area contributed by atoms with E-state index in [9.17, 15) is 0 Å². The van der Waals surface area contributed by atoms with Crippen molar-refractivity contribution < 1.29 is 0 Å². The molecule has 0 spiro atoms. The summed E-state index contributed by atoms with van der Waals surface area (Å²) in [4.78, 5) is 4.46. The Kier molecular flexibility index (Phi) is 3.33. The highest BCUT2D eigenvalue weighted by atomic mass is 31.1. The summed E-state index contributed by atoms with van der Waals surface area (Å²) in [5.41, 5.74) is 2.53. The van der Waals surface area contributed by atoms with E-state index < -0.39 is 0 Å². The normalized spacial score (nSPS) is 21.5. The molecule has 15 heavy (non-hydrogen) atoms. The molecule has 0 saturated carbocycles. The van der Waals surface area contributed by atoms with Crippen LogP contribution in [0, 0.1) is 0 Å². The van der Waals surface area contributed by atoms with Crippen molar-refractivity contribution in [2.45, 2.75) is 0 Å². The van der Waals surface area contributed by atoms with Crippen molar-refractivity contribution in [2.24, 2.45) is 0 Å². The van der Waals surface area contributed by atoms with Crippen LogP contribution in [0.3, 0.4) is 0 Å². The standard InChI is InChI=1S/C11H14N2P2/c1-12-8-10(14)13(2)11(12)15-9-6-4-3-5-7-9/h3-7,14H,8H2,1-2H3. The first-order chi connectivity index (χ1) is 7.18. The Bertz CT molecular complexity index is 400. The molecule has 1 aliphatic rings. The van der Waals surface area contributed by atoms with Gasteiger partial charge in [0.15, 0.2) is 0 Å². The molecule has 1 saturated heterocycles. The third kappa shape index (κ3) is 2.35. The summed E-state index contributed by atoms with van der Waals surface area (Å²) in [5.74, 6) is 0. The fraction of sp³-hybridized carbons (Fsp3) is 0.273. The maximum Gasteiger partial charge on any atom is 0.0957 e. The predicted molar refractivity (Wildman–Crippen MR) is 71.7 cm³/mol. The highest BCUT2D eigenvalue weighted by molar-refractivity contribution is 7.49. The summed E-state index contributed by atoms with van der Waals surface area (Å²) < 4.78 is 0. The molecule has 1 heterocycles. The van der Waals surface area contributed by atoms with Gasteiger partial charge in [-0.05, 0) is 22.3 Å². The molecule has 0 aliphatic carbocycles. The Morgan fingerprint density at radius 2 is 1.87 bits per heavy atom. The van der Waals surface area contributed by atoms with E-state index in [-0.39, 0.29) is 0 Å². The number of hydrogen-bond donors (Lipinski definition) is 0. The third-order valence-corrected chi connectivity index (χ3v) is 4.31. The van der Waals surface area contributed by atoms with Crippen LogP contribution in [0.1, 0.15) is 0 Å². The molecule has 0 radical (unpaired) electrons. The lowest BCUT2D eigenvalue weighted by atomic mass is 10.4. The topological polar surface area (TPSA) is 6.48 Å². The summed E-state index contributed by atoms with van der Waals surface area (Å²) in [6.07, 6.45) is 0. The van der Waals surface area contributed by atoms with E-state index in [0.717, 1.165) is 6.54 Å². The van der Waals surface area contributed by atoms with Gasteiger partial charge in [-0.3, -0.25) is 4.90 Å². The Morgan fingerprint density at radius 3 is 2.40 bits per heavy atom. The van der Waals surface area contributed by atoms with Gasteiger partial charge in [-0.25, -0.2) is 4.90 Å². The zero-order chi connectivity index (χ0) is 10.8. The highest BCUT2D eigenvalue weighted by Crippen LogP contribution is 2.14. The number of hydrogen-bond acceptors (Lipinski definition) is 0. The molecular weight excluding hydrogens is 222 g/mol. The SMILES string of the molecule is CN1CC(=P)N(C)C1=Pc1ccccc1. The third-order valence-electron chi connectivity index (χ3n) is 2.42. The van der Waals surface area contributed by atoms with E-state index in [2.05, 4.69) is 57.0 Å². The van der Waals surface area contributed by atoms with Crippen molar-refractivity contribution in [1.82, 2.24) is 9.80 Å². The smallest absolute Gasteiger partial charge is 0.0957 e. The van der Waals surface area contributed by atoms with Crippen molar-refractivity contribution in [3.63, 3.8) is 0 Å². The van der Waals surface area contributed by atoms with Gasteiger partial charge < -0.3 is 0 Å². The first kappa shape index (κ1) is 11.0. The van der Waals surface area contributed by atoms with Crippen molar-refractivity contribution in [3.8, 4) is 0 Å². The van der Waals surface area contributed by atoms with Gasteiger partial charge in [0.1, 0.15) is 0 Å². The fourth-order valence-corrected chi connectivity index (χ4v) is 3.06. The molecule has 0 aromatic heterocycles. The molecule has 2 nitrogen and oxygen atoms in total. The van der Waals surface area contributed by atoms with Crippen molar-refractivity contribution >= 4 is 33.3 Å². The van der Waals surface area contributed by atoms with E-state index in [4.69, 9.17) is 0 Å². The lowest BCUT2D eigenvalue weighted by Crippen LogP contribution is -2.27. The van der Waals surface area contributed by atoms with E-state index in [1.54, 1.807) is 0 Å². The zero-order valence-corrected chi connectivity index (χ0v) is 10.8. The molecule has 1 aromatic rings. The second kappa shape index (κ2) is 4.55. The predicted octanol–water partition coefficient (Wildman–Crippen LogP) is 1.50. The minimum Gasteiger partial charge on any atom is -0.259 e. The minimum absolute atomic E-state index is 0.961. The molecule has 0 unspecified atom stereocenters. The summed E-state index contributed by atoms with van der Waals surface area (Å²) in [5, 5.41) is 1.33. The molecule has 1 fully saturated rings. The number of rotatable bonds is 1. The van der Waals surface area contributed by atoms with Crippen LogP contribution in [0.4, 0.5) is 0 Å². The van der Waals surface area contributed by atoms with Crippen LogP contribution < -0.4 is 5.30 Å². The van der Waals surface area contributed by atoms with Crippen LogP contribution in [0.25, 0.3) is 0 Å². The second-order valence-corrected chi connectivity index (χ2v) is 5.33. The average Bonchev–Trinajstić information content (AvgIpc) is 2.47. The van der Waals surface area contributed by atoms with Crippen LogP contribution in [0.5, 0.6) is 0 Å². The van der Waals surface area contributed by atoms with Gasteiger partial charge in [0.2, 0.25) is 0 Å². The first-order valence-electron chi connectivity index (χ1n) is 4.84. The number of likely N-dealkylation sites (N-methyl/N-ethyl adjacent to an activating group) is 2. The molecular formula is C11H14N2P2. The largest absolute Gasteiger partial charge is 0.259 e. The Labute approximate surface area is 94.5 Å². The van der Waals surface area contributed by atoms with Gasteiger partial charge in [0.05, 0.1) is 5.54 Å². The maximum absolute atomic E-state index is 3.62. The summed E-state index contributed by atoms with van der Waals surface area (Å²) in [6.45, 7) is 0.961. The Hall–Kier alpha value is -0.520. The van der Waals surface area contributed by atoms with E-state index in [0.29, 0.717) is 0 Å². The van der Waals surface area contributed by atoms with Crippen LogP contribution in [0.2, 0.25) is 0 Å². The van der Waals surface area contributed by atoms with Crippen LogP contribution in [0.15, 0.2) is 30.3 Å². The van der Waals surface area contributed by atoms with Gasteiger partial charge in [0, 0.05) is 17.3 Å². The Balaban J connectivity index is 2.31. The molecule has 0 amide bonds. The molecule has 2 rings (SSSR count). The summed E-state index contributed by atoms with van der Waals surface area (Å²) in [7, 11) is 9.09. The van der Waals surface area contributed by atoms with Gasteiger partial charge >= 0.3 is 0 Å². The molecule has 0 bridgehead atoms. The van der Waals surface area contributed by atoms with Crippen molar-refractivity contribution in [2.75, 3.05) is 20.6 Å². The molecule has 0 atom stereocenters. The number of nitrogens with zero attached hydrogens (tertiary/aromatic N) is 2. The monoisotopic (exact) mass is 236 g/mol. The maximum atomic E-state index is 3.62. The molecule has 78 valence electrons. The molecule has 4 heteroatoms. The van der Waals surface area contributed by atoms with E-state index in [1.807, 2.05) is 6.07 Å². The fourth-order valence-electron chi connectivity index (χ4n) is 1.56. The number of benzene rings is 1. The Morgan fingerprint density at radius 1 is 1.20 bits per heavy atom. The van der Waals surface area contributed by atoms with Gasteiger partial charge in [-0.15, -0.1) is 8.86 Å². The minimum atomic E-state index is 0.961. The molecule has 1 aromatic carbocycles. The van der Waals surface area contributed by atoms with Gasteiger partial charge in [-0.1, -0.05) is 30.3 Å². The van der Waals surface area contributed by atoms with Crippen LogP contribution >= 0.6 is 17.1 Å². The second-order valence-electron chi connectivity index (χ2n) is 3.61. The van der Waals surface area contributed by atoms with E-state index in [1.165, 1.54) is 24.5 Å². The van der Waals surface area contributed by atoms with E-state index >= 15 is 0 Å². The molecule has 1 aliphatic heterocycles. The van der Waals surface area contributed by atoms with Gasteiger partial charge in [0.25, 0.3) is 0 Å². The van der Waals surface area contributed by atoms with Crippen molar-refractivity contribution in [3.05, 3.63) is 30.3 Å². The van der Waals surface area contributed by atoms with Crippen molar-refractivity contribution in [1.29, 1.82) is 0 Å². The quantitative estimate of drug-likeness (QED) is 0.682. The van der Waals surface area contributed by atoms with Crippen LogP contribution in [-0.2, 0) is 0 Å². The first-order valence-corrected chi connectivity index (χ1v) is 6.24. The average molecular weight is 236 g/mol. The van der Waals surface area contributed by atoms with Crippen LogP contribution in [-0.4, -0.2) is 41.4 Å². The summed E-state index contributed by atoms with van der Waals surface area (Å²) in [6, 6.07) is 10.5. The summed E-state index contributed by atoms with van der Waals surface area (Å²) >= 11 is 0. The lowest BCUT2D eigenvalue weighted by molar-refractivity contribution is 0.589. The van der Waals surface area contributed by atoms with Gasteiger partial charge in [-0.2, -0.15) is 0 Å². The highest BCUT2D eigenvalue weighted by Gasteiger charge is 2.23. The zero-order valence-electron chi connectivity index (χ0n) is 8.94. The molecule has 0 N–H and O–H groups in total. The lowest BCUT2D eigenvalue weighted by Gasteiger charge is -2.13.